The SMILES string of the molecule is CCc1nc(-c2ccc(Br)c(F)c2)c(N)n1CC. The number of nitrogens with zero attached hydrogens (tertiary/aromatic N) is 2. The highest BCUT2D eigenvalue weighted by Gasteiger charge is 2.15. The normalized spacial score (nSPS) is 10.9. The summed E-state index contributed by atoms with van der Waals surface area (Å²) >= 11 is 3.14. The molecule has 0 aliphatic carbocycles. The first-order valence-corrected chi connectivity index (χ1v) is 6.68. The fourth-order valence-electron chi connectivity index (χ4n) is 1.99. The van der Waals surface area contributed by atoms with Gasteiger partial charge in [0, 0.05) is 18.5 Å². The Kier molecular flexibility index (Phi) is 3.71. The number of halogens is 2. The summed E-state index contributed by atoms with van der Waals surface area (Å²) in [5, 5.41) is 0. The van der Waals surface area contributed by atoms with Crippen LogP contribution in [0.4, 0.5) is 10.2 Å². The zero-order chi connectivity index (χ0) is 13.3. The Balaban J connectivity index is 2.56. The van der Waals surface area contributed by atoms with E-state index in [2.05, 4.69) is 20.9 Å². The van der Waals surface area contributed by atoms with Gasteiger partial charge in [0.2, 0.25) is 0 Å². The number of rotatable bonds is 3. The number of imidazole rings is 1. The van der Waals surface area contributed by atoms with Crippen molar-refractivity contribution in [3.8, 4) is 11.3 Å². The molecule has 0 aliphatic rings. The molecular weight excluding hydrogens is 297 g/mol. The molecule has 0 bridgehead atoms. The Hall–Kier alpha value is -1.36. The topological polar surface area (TPSA) is 43.8 Å². The Morgan fingerprint density at radius 2 is 2.11 bits per heavy atom. The maximum atomic E-state index is 13.5. The van der Waals surface area contributed by atoms with Crippen LogP contribution in [-0.4, -0.2) is 9.55 Å². The second-order valence-corrected chi connectivity index (χ2v) is 4.84. The van der Waals surface area contributed by atoms with Crippen molar-refractivity contribution < 1.29 is 4.39 Å². The molecule has 2 aromatic rings. The summed E-state index contributed by atoms with van der Waals surface area (Å²) in [4.78, 5) is 4.50. The van der Waals surface area contributed by atoms with Crippen molar-refractivity contribution in [1.29, 1.82) is 0 Å². The van der Waals surface area contributed by atoms with Gasteiger partial charge in [-0.15, -0.1) is 0 Å². The van der Waals surface area contributed by atoms with Crippen LogP contribution in [-0.2, 0) is 13.0 Å². The molecular formula is C13H15BrFN3. The molecule has 1 heterocycles. The number of aromatic nitrogens is 2. The van der Waals surface area contributed by atoms with Crippen LogP contribution in [0, 0.1) is 5.82 Å². The highest BCUT2D eigenvalue weighted by atomic mass is 79.9. The average Bonchev–Trinajstić information content (AvgIpc) is 2.69. The molecule has 0 radical (unpaired) electrons. The van der Waals surface area contributed by atoms with E-state index in [1.807, 2.05) is 24.5 Å². The number of hydrogen-bond acceptors (Lipinski definition) is 2. The van der Waals surface area contributed by atoms with E-state index in [-0.39, 0.29) is 5.82 Å². The van der Waals surface area contributed by atoms with Crippen LogP contribution in [0.1, 0.15) is 19.7 Å². The summed E-state index contributed by atoms with van der Waals surface area (Å²) in [5.41, 5.74) is 7.43. The maximum absolute atomic E-state index is 13.5. The molecule has 1 aromatic carbocycles. The monoisotopic (exact) mass is 311 g/mol. The Morgan fingerprint density at radius 1 is 1.39 bits per heavy atom. The third-order valence-electron chi connectivity index (χ3n) is 2.91. The lowest BCUT2D eigenvalue weighted by Crippen LogP contribution is -2.04. The molecule has 0 aliphatic heterocycles. The molecule has 0 unspecified atom stereocenters. The van der Waals surface area contributed by atoms with Crippen LogP contribution in [0.5, 0.6) is 0 Å². The van der Waals surface area contributed by atoms with Gasteiger partial charge in [-0.25, -0.2) is 9.37 Å². The largest absolute Gasteiger partial charge is 0.383 e. The first-order valence-electron chi connectivity index (χ1n) is 5.88. The summed E-state index contributed by atoms with van der Waals surface area (Å²) in [6.07, 6.45) is 0.803. The van der Waals surface area contributed by atoms with Crippen LogP contribution in [0.25, 0.3) is 11.3 Å². The van der Waals surface area contributed by atoms with Gasteiger partial charge >= 0.3 is 0 Å². The van der Waals surface area contributed by atoms with Gasteiger partial charge in [0.05, 0.1) is 4.47 Å². The predicted molar refractivity (Wildman–Crippen MR) is 74.8 cm³/mol. The molecule has 0 amide bonds. The van der Waals surface area contributed by atoms with Gasteiger partial charge in [-0.3, -0.25) is 0 Å². The van der Waals surface area contributed by atoms with E-state index in [0.29, 0.717) is 21.5 Å². The molecule has 3 nitrogen and oxygen atoms in total. The molecule has 96 valence electrons. The predicted octanol–water partition coefficient (Wildman–Crippen LogP) is 3.62. The number of hydrogen-bond donors (Lipinski definition) is 1. The van der Waals surface area contributed by atoms with Crippen LogP contribution in [0.2, 0.25) is 0 Å². The van der Waals surface area contributed by atoms with Gasteiger partial charge in [0.15, 0.2) is 0 Å². The van der Waals surface area contributed by atoms with E-state index >= 15 is 0 Å². The van der Waals surface area contributed by atoms with E-state index in [1.54, 1.807) is 6.07 Å². The molecule has 2 N–H and O–H groups in total. The van der Waals surface area contributed by atoms with Gasteiger partial charge < -0.3 is 10.3 Å². The quantitative estimate of drug-likeness (QED) is 0.941. The van der Waals surface area contributed by atoms with Crippen molar-refractivity contribution in [3.05, 3.63) is 34.3 Å². The fourth-order valence-corrected chi connectivity index (χ4v) is 2.24. The molecule has 18 heavy (non-hydrogen) atoms. The lowest BCUT2D eigenvalue weighted by Gasteiger charge is -2.05. The van der Waals surface area contributed by atoms with Crippen molar-refractivity contribution in [3.63, 3.8) is 0 Å². The fraction of sp³-hybridized carbons (Fsp3) is 0.308. The Bertz CT molecular complexity index is 578. The summed E-state index contributed by atoms with van der Waals surface area (Å²) in [6, 6.07) is 4.92. The standard InChI is InChI=1S/C13H15BrFN3/c1-3-11-17-12(13(16)18(11)4-2)8-5-6-9(14)10(15)7-8/h5-7H,3-4,16H2,1-2H3. The Morgan fingerprint density at radius 3 is 2.61 bits per heavy atom. The third kappa shape index (κ3) is 2.14. The molecule has 0 spiro atoms. The van der Waals surface area contributed by atoms with Crippen LogP contribution in [0.15, 0.2) is 22.7 Å². The Labute approximate surface area is 114 Å². The van der Waals surface area contributed by atoms with Crippen LogP contribution < -0.4 is 5.73 Å². The summed E-state index contributed by atoms with van der Waals surface area (Å²) in [7, 11) is 0. The average molecular weight is 312 g/mol. The minimum absolute atomic E-state index is 0.309. The number of nitrogen functional groups attached to an aromatic ring is 1. The molecule has 0 fully saturated rings. The lowest BCUT2D eigenvalue weighted by atomic mass is 10.1. The number of aryl methyl sites for hydroxylation is 1. The van der Waals surface area contributed by atoms with Crippen LogP contribution >= 0.6 is 15.9 Å². The summed E-state index contributed by atoms with van der Waals surface area (Å²) < 4.78 is 15.9. The number of nitrogens with two attached hydrogens (primary N) is 1. The smallest absolute Gasteiger partial charge is 0.138 e. The van der Waals surface area contributed by atoms with Crippen molar-refractivity contribution in [2.24, 2.45) is 0 Å². The van der Waals surface area contributed by atoms with E-state index in [9.17, 15) is 4.39 Å². The van der Waals surface area contributed by atoms with Gasteiger partial charge in [-0.05, 0) is 35.0 Å². The minimum atomic E-state index is -0.309. The zero-order valence-corrected chi connectivity index (χ0v) is 12.0. The lowest BCUT2D eigenvalue weighted by molar-refractivity contribution is 0.621. The van der Waals surface area contributed by atoms with Gasteiger partial charge in [-0.1, -0.05) is 13.0 Å². The van der Waals surface area contributed by atoms with Crippen molar-refractivity contribution >= 4 is 21.7 Å². The number of anilines is 1. The molecule has 0 saturated heterocycles. The van der Waals surface area contributed by atoms with Gasteiger partial charge in [0.1, 0.15) is 23.2 Å². The second kappa shape index (κ2) is 5.10. The van der Waals surface area contributed by atoms with Gasteiger partial charge in [0.25, 0.3) is 0 Å². The van der Waals surface area contributed by atoms with E-state index < -0.39 is 0 Å². The van der Waals surface area contributed by atoms with E-state index in [0.717, 1.165) is 18.8 Å². The van der Waals surface area contributed by atoms with Gasteiger partial charge in [-0.2, -0.15) is 0 Å². The molecule has 0 saturated carbocycles. The molecule has 0 atom stereocenters. The van der Waals surface area contributed by atoms with Crippen molar-refractivity contribution in [2.75, 3.05) is 5.73 Å². The highest BCUT2D eigenvalue weighted by Crippen LogP contribution is 2.29. The maximum Gasteiger partial charge on any atom is 0.138 e. The highest BCUT2D eigenvalue weighted by molar-refractivity contribution is 9.10. The molecule has 1 aromatic heterocycles. The summed E-state index contributed by atoms with van der Waals surface area (Å²) in [6.45, 7) is 4.81. The first kappa shape index (κ1) is 13.1. The van der Waals surface area contributed by atoms with Crippen LogP contribution in [0.3, 0.4) is 0 Å². The van der Waals surface area contributed by atoms with Crippen molar-refractivity contribution in [2.45, 2.75) is 26.8 Å². The van der Waals surface area contributed by atoms with E-state index in [1.165, 1.54) is 6.07 Å². The van der Waals surface area contributed by atoms with Crippen molar-refractivity contribution in [1.82, 2.24) is 9.55 Å². The number of benzene rings is 1. The molecule has 5 heteroatoms. The summed E-state index contributed by atoms with van der Waals surface area (Å²) in [5.74, 6) is 1.21. The minimum Gasteiger partial charge on any atom is -0.383 e. The van der Waals surface area contributed by atoms with E-state index in [4.69, 9.17) is 5.73 Å². The second-order valence-electron chi connectivity index (χ2n) is 3.99. The zero-order valence-electron chi connectivity index (χ0n) is 10.4. The molecule has 2 rings (SSSR count). The third-order valence-corrected chi connectivity index (χ3v) is 3.55. The first-order chi connectivity index (χ1) is 8.58.